The molecule has 3 aliphatic rings. The molecule has 0 saturated heterocycles. The van der Waals surface area contributed by atoms with Crippen molar-refractivity contribution in [3.05, 3.63) is 65.2 Å². The quantitative estimate of drug-likeness (QED) is 0.550. The van der Waals surface area contributed by atoms with E-state index < -0.39 is 16.5 Å². The van der Waals surface area contributed by atoms with Gasteiger partial charge in [0.1, 0.15) is 27.3 Å². The number of halogens is 2. The Hall–Kier alpha value is -2.41. The first-order chi connectivity index (χ1) is 15.6. The van der Waals surface area contributed by atoms with Gasteiger partial charge < -0.3 is 4.74 Å². The molecule has 0 aromatic heterocycles. The van der Waals surface area contributed by atoms with Crippen molar-refractivity contribution in [2.45, 2.75) is 56.2 Å². The van der Waals surface area contributed by atoms with Crippen molar-refractivity contribution >= 4 is 22.7 Å². The molecule has 4 nitrogen and oxygen atoms in total. The van der Waals surface area contributed by atoms with E-state index >= 15 is 0 Å². The van der Waals surface area contributed by atoms with Crippen LogP contribution < -0.4 is 4.74 Å². The van der Waals surface area contributed by atoms with Crippen LogP contribution in [0.3, 0.4) is 0 Å². The van der Waals surface area contributed by atoms with Crippen LogP contribution in [0.4, 0.5) is 8.78 Å². The monoisotopic (exact) mass is 456 g/mol. The summed E-state index contributed by atoms with van der Waals surface area (Å²) in [6, 6.07) is 10.9. The van der Waals surface area contributed by atoms with Gasteiger partial charge in [0, 0.05) is 24.0 Å². The molecular weight excluding hydrogens is 430 g/mol. The molecule has 2 aromatic rings. The molecule has 1 aliphatic carbocycles. The van der Waals surface area contributed by atoms with Crippen LogP contribution in [0.1, 0.15) is 62.5 Å². The summed E-state index contributed by atoms with van der Waals surface area (Å²) in [5, 5.41) is 6.45. The summed E-state index contributed by atoms with van der Waals surface area (Å²) < 4.78 is 34.4. The van der Waals surface area contributed by atoms with Crippen LogP contribution in [0.25, 0.3) is 0 Å². The first-order valence-corrected chi connectivity index (χ1v) is 12.2. The number of fused-ring (bicyclic) bond motifs is 2. The Kier molecular flexibility index (Phi) is 5.93. The molecule has 1 spiro atoms. The Bertz CT molecular complexity index is 1050. The molecule has 0 N–H and O–H groups in total. The van der Waals surface area contributed by atoms with Gasteiger partial charge >= 0.3 is 0 Å². The van der Waals surface area contributed by atoms with Crippen LogP contribution in [0.15, 0.2) is 47.6 Å². The second-order valence-corrected chi connectivity index (χ2v) is 10.0. The van der Waals surface area contributed by atoms with E-state index in [1.807, 2.05) is 24.3 Å². The van der Waals surface area contributed by atoms with Gasteiger partial charge in [-0.25, -0.2) is 13.8 Å². The van der Waals surface area contributed by atoms with Crippen molar-refractivity contribution in [2.75, 3.05) is 6.61 Å². The van der Waals surface area contributed by atoms with Crippen LogP contribution >= 0.6 is 11.8 Å². The second kappa shape index (κ2) is 8.85. The van der Waals surface area contributed by atoms with Gasteiger partial charge in [-0.05, 0) is 36.6 Å². The van der Waals surface area contributed by atoms with Gasteiger partial charge in [-0.15, -0.1) is 0 Å². The van der Waals surface area contributed by atoms with E-state index in [-0.39, 0.29) is 11.5 Å². The van der Waals surface area contributed by atoms with Crippen LogP contribution in [0, 0.1) is 17.6 Å². The second-order valence-electron chi connectivity index (χ2n) is 8.76. The summed E-state index contributed by atoms with van der Waals surface area (Å²) in [6.07, 6.45) is 7.85. The van der Waals surface area contributed by atoms with Crippen molar-refractivity contribution in [3.63, 3.8) is 0 Å². The molecule has 1 fully saturated rings. The molecule has 5 rings (SSSR count). The fraction of sp³-hybridized carbons (Fsp3) is 0.440. The van der Waals surface area contributed by atoms with Crippen molar-refractivity contribution in [2.24, 2.45) is 11.0 Å². The number of hydrogen-bond acceptors (Lipinski definition) is 4. The lowest BCUT2D eigenvalue weighted by Gasteiger charge is -2.39. The maximum absolute atomic E-state index is 14.6. The molecule has 1 saturated carbocycles. The molecule has 168 valence electrons. The number of ether oxygens (including phenoxy) is 1. The lowest BCUT2D eigenvalue weighted by molar-refractivity contribution is -0.135. The van der Waals surface area contributed by atoms with Gasteiger partial charge in [0.25, 0.3) is 0 Å². The highest BCUT2D eigenvalue weighted by molar-refractivity contribution is 8.15. The normalized spacial score (nSPS) is 23.1. The van der Waals surface area contributed by atoms with E-state index in [0.29, 0.717) is 36.2 Å². The summed E-state index contributed by atoms with van der Waals surface area (Å²) >= 11 is 1.32. The predicted octanol–water partition coefficient (Wildman–Crippen LogP) is 6.20. The number of thioether (sulfide) groups is 1. The first kappa shape index (κ1) is 21.4. The zero-order valence-corrected chi connectivity index (χ0v) is 18.7. The number of para-hydroxylation sites is 1. The third-order valence-corrected chi connectivity index (χ3v) is 8.12. The molecule has 0 radical (unpaired) electrons. The van der Waals surface area contributed by atoms with Gasteiger partial charge in [-0.3, -0.25) is 4.79 Å². The summed E-state index contributed by atoms with van der Waals surface area (Å²) in [7, 11) is 0. The summed E-state index contributed by atoms with van der Waals surface area (Å²) in [5.74, 6) is 0.113. The first-order valence-electron chi connectivity index (χ1n) is 11.4. The highest BCUT2D eigenvalue weighted by atomic mass is 32.2. The van der Waals surface area contributed by atoms with Gasteiger partial charge in [-0.2, -0.15) is 5.10 Å². The number of nitrogens with zero attached hydrogens (tertiary/aromatic N) is 2. The lowest BCUT2D eigenvalue weighted by atomic mass is 9.86. The van der Waals surface area contributed by atoms with Crippen LogP contribution in [-0.4, -0.2) is 22.6 Å². The number of carbonyl (C=O) groups is 1. The molecule has 0 bridgehead atoms. The van der Waals surface area contributed by atoms with Gasteiger partial charge in [0.05, 0.1) is 6.61 Å². The minimum atomic E-state index is -0.813. The zero-order valence-electron chi connectivity index (χ0n) is 17.9. The standard InChI is InChI=1S/C25H26F2N2O2S/c26-18-11-12-21(27)19(16-18)24-28-29(23(30)13-10-17-6-2-1-3-7-17)25(32-24)14-15-31-22-9-5-4-8-20(22)25/h4-5,8-9,11-12,16-17H,1-3,6-7,10,13-15H2. The number of hydrogen-bond donors (Lipinski definition) is 0. The largest absolute Gasteiger partial charge is 0.493 e. The highest BCUT2D eigenvalue weighted by Crippen LogP contribution is 2.54. The topological polar surface area (TPSA) is 41.9 Å². The smallest absolute Gasteiger partial charge is 0.244 e. The number of amides is 1. The van der Waals surface area contributed by atoms with E-state index in [2.05, 4.69) is 5.10 Å². The maximum atomic E-state index is 14.6. The summed E-state index contributed by atoms with van der Waals surface area (Å²) in [4.78, 5) is 12.7. The van der Waals surface area contributed by atoms with E-state index in [0.717, 1.165) is 30.2 Å². The van der Waals surface area contributed by atoms with Crippen molar-refractivity contribution in [3.8, 4) is 5.75 Å². The van der Waals surface area contributed by atoms with Gasteiger partial charge in [-0.1, -0.05) is 62.1 Å². The van der Waals surface area contributed by atoms with Crippen molar-refractivity contribution in [1.82, 2.24) is 5.01 Å². The third kappa shape index (κ3) is 3.91. The number of benzene rings is 2. The Morgan fingerprint density at radius 1 is 1.16 bits per heavy atom. The van der Waals surface area contributed by atoms with Crippen molar-refractivity contribution < 1.29 is 18.3 Å². The van der Waals surface area contributed by atoms with Crippen LogP contribution in [0.2, 0.25) is 0 Å². The molecule has 1 amide bonds. The van der Waals surface area contributed by atoms with Gasteiger partial charge in [0.2, 0.25) is 5.91 Å². The average Bonchev–Trinajstić information content (AvgIpc) is 3.20. The Balaban J connectivity index is 1.50. The predicted molar refractivity (Wildman–Crippen MR) is 121 cm³/mol. The van der Waals surface area contributed by atoms with E-state index in [1.54, 1.807) is 0 Å². The third-order valence-electron chi connectivity index (χ3n) is 6.69. The van der Waals surface area contributed by atoms with Crippen LogP contribution in [0.5, 0.6) is 5.75 Å². The van der Waals surface area contributed by atoms with Crippen LogP contribution in [-0.2, 0) is 9.67 Å². The molecule has 32 heavy (non-hydrogen) atoms. The van der Waals surface area contributed by atoms with E-state index in [9.17, 15) is 13.6 Å². The summed E-state index contributed by atoms with van der Waals surface area (Å²) in [6.45, 7) is 0.421. The molecule has 7 heteroatoms. The van der Waals surface area contributed by atoms with E-state index in [4.69, 9.17) is 4.74 Å². The molecule has 1 unspecified atom stereocenters. The van der Waals surface area contributed by atoms with E-state index in [1.165, 1.54) is 48.9 Å². The Morgan fingerprint density at radius 3 is 2.81 bits per heavy atom. The molecular formula is C25H26F2N2O2S. The fourth-order valence-corrected chi connectivity index (χ4v) is 6.41. The molecule has 1 atom stereocenters. The number of hydrazone groups is 1. The summed E-state index contributed by atoms with van der Waals surface area (Å²) in [5.41, 5.74) is 0.929. The number of carbonyl (C=O) groups excluding carboxylic acids is 1. The highest BCUT2D eigenvalue weighted by Gasteiger charge is 2.51. The Morgan fingerprint density at radius 2 is 1.97 bits per heavy atom. The molecule has 2 heterocycles. The van der Waals surface area contributed by atoms with Gasteiger partial charge in [0.15, 0.2) is 0 Å². The number of rotatable bonds is 4. The van der Waals surface area contributed by atoms with Crippen molar-refractivity contribution in [1.29, 1.82) is 0 Å². The minimum absolute atomic E-state index is 0.0772. The lowest BCUT2D eigenvalue weighted by Crippen LogP contribution is -2.44. The molecule has 2 aliphatic heterocycles. The minimum Gasteiger partial charge on any atom is -0.493 e. The average molecular weight is 457 g/mol. The zero-order chi connectivity index (χ0) is 22.1. The molecule has 2 aromatic carbocycles. The Labute approximate surface area is 191 Å². The maximum Gasteiger partial charge on any atom is 0.244 e. The SMILES string of the molecule is O=C(CCC1CCCCC1)N1N=C(c2cc(F)ccc2F)SC12CCOc1ccccc12. The fourth-order valence-electron chi connectivity index (χ4n) is 5.01.